The van der Waals surface area contributed by atoms with Gasteiger partial charge in [-0.25, -0.2) is 4.79 Å². The topological polar surface area (TPSA) is 97.7 Å². The summed E-state index contributed by atoms with van der Waals surface area (Å²) in [5.41, 5.74) is 0.774. The van der Waals surface area contributed by atoms with Crippen LogP contribution >= 0.6 is 11.8 Å². The van der Waals surface area contributed by atoms with Crippen LogP contribution in [0.3, 0.4) is 0 Å². The average molecular weight is 463 g/mol. The molecule has 0 aliphatic rings. The molecule has 0 atom stereocenters. The number of hydrogen-bond acceptors (Lipinski definition) is 7. The van der Waals surface area contributed by atoms with Crippen molar-refractivity contribution in [2.24, 2.45) is 0 Å². The molecule has 0 aliphatic heterocycles. The number of nitrogens with one attached hydrogen (secondary N) is 1. The van der Waals surface area contributed by atoms with E-state index in [2.05, 4.69) is 5.32 Å². The van der Waals surface area contributed by atoms with Gasteiger partial charge in [-0.15, -0.1) is 11.8 Å². The van der Waals surface area contributed by atoms with Crippen LogP contribution in [0.25, 0.3) is 0 Å². The van der Waals surface area contributed by atoms with E-state index in [1.54, 1.807) is 42.5 Å². The van der Waals surface area contributed by atoms with E-state index in [0.717, 1.165) is 10.6 Å². The van der Waals surface area contributed by atoms with Gasteiger partial charge in [-0.1, -0.05) is 42.5 Å². The van der Waals surface area contributed by atoms with Gasteiger partial charge in [-0.05, 0) is 36.4 Å². The largest absolute Gasteiger partial charge is 0.490 e. The fourth-order valence-electron chi connectivity index (χ4n) is 2.79. The minimum absolute atomic E-state index is 0.218. The summed E-state index contributed by atoms with van der Waals surface area (Å²) in [5.74, 6) is 0.180. The van der Waals surface area contributed by atoms with Gasteiger partial charge in [0, 0.05) is 4.90 Å². The second kappa shape index (κ2) is 12.8. The van der Waals surface area contributed by atoms with Crippen molar-refractivity contribution in [3.63, 3.8) is 0 Å². The molecule has 0 aliphatic carbocycles. The minimum atomic E-state index is -0.670. The second-order valence-electron chi connectivity index (χ2n) is 6.57. The number of hydrogen-bond donors (Lipinski definition) is 1. The predicted molar refractivity (Wildman–Crippen MR) is 126 cm³/mol. The maximum Gasteiger partial charge on any atom is 0.342 e. The lowest BCUT2D eigenvalue weighted by Crippen LogP contribution is -2.21. The lowest BCUT2D eigenvalue weighted by molar-refractivity contribution is -0.119. The molecule has 0 aromatic heterocycles. The van der Waals surface area contributed by atoms with Gasteiger partial charge in [0.1, 0.15) is 30.3 Å². The zero-order chi connectivity index (χ0) is 23.3. The molecular weight excluding hydrogens is 440 g/mol. The van der Waals surface area contributed by atoms with Crippen molar-refractivity contribution in [3.05, 3.63) is 84.4 Å². The quantitative estimate of drug-likeness (QED) is 0.253. The number of ether oxygens (including phenoxy) is 3. The Kier molecular flexibility index (Phi) is 9.18. The third-order valence-corrected chi connectivity index (χ3v) is 5.19. The first-order valence-electron chi connectivity index (χ1n) is 10.1. The first-order chi connectivity index (χ1) is 16.2. The van der Waals surface area contributed by atoms with Crippen molar-refractivity contribution in [2.75, 3.05) is 30.9 Å². The van der Waals surface area contributed by atoms with Crippen LogP contribution in [0.4, 0.5) is 5.69 Å². The number of thioether (sulfide) groups is 1. The Morgan fingerprint density at radius 2 is 1.58 bits per heavy atom. The second-order valence-corrected chi connectivity index (χ2v) is 7.59. The van der Waals surface area contributed by atoms with Crippen LogP contribution in [0, 0.1) is 11.3 Å². The van der Waals surface area contributed by atoms with Crippen molar-refractivity contribution in [1.29, 1.82) is 5.26 Å². The Hall–Kier alpha value is -3.96. The molecule has 168 valence electrons. The van der Waals surface area contributed by atoms with Crippen LogP contribution in [-0.4, -0.2) is 37.4 Å². The van der Waals surface area contributed by atoms with E-state index in [0.29, 0.717) is 18.0 Å². The first-order valence-corrected chi connectivity index (χ1v) is 11.1. The Morgan fingerprint density at radius 3 is 2.39 bits per heavy atom. The molecule has 0 fully saturated rings. The monoisotopic (exact) mass is 462 g/mol. The molecule has 1 N–H and O–H groups in total. The molecule has 33 heavy (non-hydrogen) atoms. The number of rotatable bonds is 11. The number of para-hydroxylation sites is 3. The zero-order valence-electron chi connectivity index (χ0n) is 17.7. The summed E-state index contributed by atoms with van der Waals surface area (Å²) in [6.07, 6.45) is 0. The molecule has 3 rings (SSSR count). The Balaban J connectivity index is 1.50. The third-order valence-electron chi connectivity index (χ3n) is 4.25. The normalized spacial score (nSPS) is 10.0. The lowest BCUT2D eigenvalue weighted by atomic mass is 10.2. The van der Waals surface area contributed by atoms with Crippen molar-refractivity contribution >= 4 is 29.3 Å². The van der Waals surface area contributed by atoms with Crippen LogP contribution in [0.5, 0.6) is 11.5 Å². The molecule has 7 nitrogen and oxygen atoms in total. The number of esters is 1. The summed E-state index contributed by atoms with van der Waals surface area (Å²) in [6, 6.07) is 25.2. The maximum absolute atomic E-state index is 12.5. The molecule has 0 bridgehead atoms. The van der Waals surface area contributed by atoms with Crippen molar-refractivity contribution in [2.45, 2.75) is 4.90 Å². The van der Waals surface area contributed by atoms with Crippen LogP contribution in [0.1, 0.15) is 10.4 Å². The number of nitrogens with zero attached hydrogens (tertiary/aromatic N) is 1. The Labute approximate surface area is 196 Å². The average Bonchev–Trinajstić information content (AvgIpc) is 2.85. The van der Waals surface area contributed by atoms with Crippen LogP contribution < -0.4 is 14.8 Å². The van der Waals surface area contributed by atoms with Crippen molar-refractivity contribution in [1.82, 2.24) is 0 Å². The molecule has 8 heteroatoms. The predicted octanol–water partition coefficient (Wildman–Crippen LogP) is 4.56. The smallest absolute Gasteiger partial charge is 0.342 e. The zero-order valence-corrected chi connectivity index (χ0v) is 18.5. The van der Waals surface area contributed by atoms with E-state index < -0.39 is 18.5 Å². The summed E-state index contributed by atoms with van der Waals surface area (Å²) < 4.78 is 16.4. The van der Waals surface area contributed by atoms with E-state index in [9.17, 15) is 9.59 Å². The summed E-state index contributed by atoms with van der Waals surface area (Å²) in [6.45, 7) is 0.0807. The maximum atomic E-state index is 12.5. The van der Waals surface area contributed by atoms with E-state index in [1.807, 2.05) is 42.5 Å². The third kappa shape index (κ3) is 7.59. The number of anilines is 1. The molecule has 0 saturated carbocycles. The van der Waals surface area contributed by atoms with Gasteiger partial charge in [-0.2, -0.15) is 5.26 Å². The molecule has 0 saturated heterocycles. The van der Waals surface area contributed by atoms with Crippen molar-refractivity contribution in [3.8, 4) is 17.6 Å². The van der Waals surface area contributed by atoms with Crippen LogP contribution in [-0.2, 0) is 9.53 Å². The molecule has 3 aromatic carbocycles. The highest BCUT2D eigenvalue weighted by Gasteiger charge is 2.16. The van der Waals surface area contributed by atoms with Gasteiger partial charge in [0.2, 0.25) is 0 Å². The molecule has 3 aromatic rings. The van der Waals surface area contributed by atoms with Gasteiger partial charge >= 0.3 is 5.97 Å². The number of carbonyl (C=O) groups is 2. The Morgan fingerprint density at radius 1 is 0.879 bits per heavy atom. The SMILES string of the molecule is N#CCSc1ccccc1NC(=O)COC(=O)c1ccccc1OCCOc1ccccc1. The van der Waals surface area contributed by atoms with E-state index >= 15 is 0 Å². The van der Waals surface area contributed by atoms with Crippen molar-refractivity contribution < 1.29 is 23.8 Å². The fourth-order valence-corrected chi connectivity index (χ4v) is 3.46. The molecule has 0 radical (unpaired) electrons. The highest BCUT2D eigenvalue weighted by Crippen LogP contribution is 2.26. The first kappa shape index (κ1) is 23.7. The van der Waals surface area contributed by atoms with Crippen LogP contribution in [0.15, 0.2) is 83.8 Å². The molecule has 0 spiro atoms. The molecular formula is C25H22N2O5S. The van der Waals surface area contributed by atoms with Gasteiger partial charge in [-0.3, -0.25) is 4.79 Å². The van der Waals surface area contributed by atoms with E-state index in [4.69, 9.17) is 19.5 Å². The number of nitriles is 1. The number of amides is 1. The van der Waals surface area contributed by atoms with Gasteiger partial charge in [0.25, 0.3) is 5.91 Å². The Bertz CT molecular complexity index is 1120. The summed E-state index contributed by atoms with van der Waals surface area (Å²) in [4.78, 5) is 25.6. The molecule has 0 heterocycles. The standard InChI is InChI=1S/C25H22N2O5S/c26-14-17-33-23-13-7-5-11-21(23)27-24(28)18-32-25(29)20-10-4-6-12-22(20)31-16-15-30-19-8-2-1-3-9-19/h1-13H,15-18H2,(H,27,28). The highest BCUT2D eigenvalue weighted by atomic mass is 32.2. The van der Waals surface area contributed by atoms with E-state index in [-0.39, 0.29) is 17.9 Å². The van der Waals surface area contributed by atoms with E-state index in [1.165, 1.54) is 11.8 Å². The molecule has 1 amide bonds. The van der Waals surface area contributed by atoms with Gasteiger partial charge in [0.15, 0.2) is 6.61 Å². The summed E-state index contributed by atoms with van der Waals surface area (Å²) >= 11 is 1.31. The fraction of sp³-hybridized carbons (Fsp3) is 0.160. The number of carbonyl (C=O) groups excluding carboxylic acids is 2. The molecule has 0 unspecified atom stereocenters. The summed E-state index contributed by atoms with van der Waals surface area (Å²) in [5, 5.41) is 11.5. The summed E-state index contributed by atoms with van der Waals surface area (Å²) in [7, 11) is 0. The van der Waals surface area contributed by atoms with Gasteiger partial charge < -0.3 is 19.5 Å². The van der Waals surface area contributed by atoms with Gasteiger partial charge in [0.05, 0.1) is 17.5 Å². The lowest BCUT2D eigenvalue weighted by Gasteiger charge is -2.12. The minimum Gasteiger partial charge on any atom is -0.490 e. The number of benzene rings is 3. The highest BCUT2D eigenvalue weighted by molar-refractivity contribution is 7.99. The van der Waals surface area contributed by atoms with Crippen LogP contribution in [0.2, 0.25) is 0 Å².